The van der Waals surface area contributed by atoms with Crippen molar-refractivity contribution < 1.29 is 0 Å². The molecule has 1 aromatic carbocycles. The Morgan fingerprint density at radius 2 is 2.19 bits per heavy atom. The minimum atomic E-state index is 0.860. The van der Waals surface area contributed by atoms with Gasteiger partial charge in [-0.3, -0.25) is 0 Å². The van der Waals surface area contributed by atoms with Crippen LogP contribution in [0.1, 0.15) is 0 Å². The topological polar surface area (TPSA) is 37.8 Å². The van der Waals surface area contributed by atoms with Gasteiger partial charge in [0.2, 0.25) is 0 Å². The maximum Gasteiger partial charge on any atom is 0.188 e. The standard InChI is InChI=1S/C10H6BrN3S2/c11-9-4-15-10(14-9)13-6-1-2-7-8(3-6)16-5-12-7/h1-5H,(H,13,14). The molecule has 0 saturated heterocycles. The van der Waals surface area contributed by atoms with E-state index in [1.54, 1.807) is 22.7 Å². The van der Waals surface area contributed by atoms with E-state index in [2.05, 4.69) is 37.3 Å². The summed E-state index contributed by atoms with van der Waals surface area (Å²) >= 11 is 6.54. The lowest BCUT2D eigenvalue weighted by molar-refractivity contribution is 1.35. The van der Waals surface area contributed by atoms with Crippen molar-refractivity contribution in [1.29, 1.82) is 0 Å². The molecular weight excluding hydrogens is 306 g/mol. The lowest BCUT2D eigenvalue weighted by Crippen LogP contribution is -1.88. The van der Waals surface area contributed by atoms with Crippen molar-refractivity contribution in [2.75, 3.05) is 5.32 Å². The summed E-state index contributed by atoms with van der Waals surface area (Å²) in [6.07, 6.45) is 0. The third-order valence-corrected chi connectivity index (χ3v) is 4.32. The quantitative estimate of drug-likeness (QED) is 0.768. The number of thiazole rings is 2. The zero-order valence-corrected chi connectivity index (χ0v) is 11.2. The zero-order chi connectivity index (χ0) is 11.0. The summed E-state index contributed by atoms with van der Waals surface area (Å²) in [5.74, 6) is 0. The Morgan fingerprint density at radius 3 is 3.00 bits per heavy atom. The lowest BCUT2D eigenvalue weighted by atomic mass is 10.3. The van der Waals surface area contributed by atoms with Gasteiger partial charge in [-0.15, -0.1) is 22.7 Å². The SMILES string of the molecule is Brc1csc(Nc2ccc3ncsc3c2)n1. The summed E-state index contributed by atoms with van der Waals surface area (Å²) in [7, 11) is 0. The second-order valence-corrected chi connectivity index (χ2v) is 5.69. The Bertz CT molecular complexity index is 632. The van der Waals surface area contributed by atoms with Crippen LogP contribution in [0.3, 0.4) is 0 Å². The van der Waals surface area contributed by atoms with Crippen molar-refractivity contribution >= 4 is 59.6 Å². The van der Waals surface area contributed by atoms with Crippen molar-refractivity contribution in [3.8, 4) is 0 Å². The summed E-state index contributed by atoms with van der Waals surface area (Å²) < 4.78 is 2.04. The van der Waals surface area contributed by atoms with Crippen LogP contribution in [0, 0.1) is 0 Å². The van der Waals surface area contributed by atoms with E-state index in [0.29, 0.717) is 0 Å². The van der Waals surface area contributed by atoms with E-state index >= 15 is 0 Å². The predicted molar refractivity (Wildman–Crippen MR) is 72.7 cm³/mol. The van der Waals surface area contributed by atoms with Crippen molar-refractivity contribution in [3.63, 3.8) is 0 Å². The van der Waals surface area contributed by atoms with Gasteiger partial charge in [0.1, 0.15) is 4.60 Å². The smallest absolute Gasteiger partial charge is 0.188 e. The minimum absolute atomic E-state index is 0.860. The third kappa shape index (κ3) is 1.95. The highest BCUT2D eigenvalue weighted by atomic mass is 79.9. The number of anilines is 2. The number of halogens is 1. The number of benzene rings is 1. The average molecular weight is 312 g/mol. The van der Waals surface area contributed by atoms with Gasteiger partial charge in [-0.05, 0) is 34.1 Å². The Labute approximate surface area is 108 Å². The van der Waals surface area contributed by atoms with Gasteiger partial charge >= 0.3 is 0 Å². The molecule has 3 rings (SSSR count). The van der Waals surface area contributed by atoms with E-state index in [-0.39, 0.29) is 0 Å². The molecule has 80 valence electrons. The van der Waals surface area contributed by atoms with E-state index in [9.17, 15) is 0 Å². The fourth-order valence-corrected chi connectivity index (χ4v) is 3.25. The van der Waals surface area contributed by atoms with Crippen LogP contribution >= 0.6 is 38.6 Å². The Morgan fingerprint density at radius 1 is 1.25 bits per heavy atom. The number of rotatable bonds is 2. The van der Waals surface area contributed by atoms with Crippen LogP contribution in [0.15, 0.2) is 33.7 Å². The second-order valence-electron chi connectivity index (χ2n) is 3.14. The van der Waals surface area contributed by atoms with Gasteiger partial charge in [-0.2, -0.15) is 0 Å². The number of nitrogens with zero attached hydrogens (tertiary/aromatic N) is 2. The number of hydrogen-bond donors (Lipinski definition) is 1. The van der Waals surface area contributed by atoms with Crippen LogP contribution in [0.4, 0.5) is 10.8 Å². The monoisotopic (exact) mass is 311 g/mol. The second kappa shape index (κ2) is 4.12. The van der Waals surface area contributed by atoms with Gasteiger partial charge in [-0.25, -0.2) is 9.97 Å². The number of fused-ring (bicyclic) bond motifs is 1. The first kappa shape index (κ1) is 10.2. The molecule has 0 fully saturated rings. The van der Waals surface area contributed by atoms with Crippen LogP contribution in [0.25, 0.3) is 10.2 Å². The van der Waals surface area contributed by atoms with E-state index < -0.39 is 0 Å². The first-order valence-corrected chi connectivity index (χ1v) is 7.08. The van der Waals surface area contributed by atoms with Gasteiger partial charge in [0.15, 0.2) is 5.13 Å². The molecule has 3 aromatic rings. The van der Waals surface area contributed by atoms with Gasteiger partial charge in [-0.1, -0.05) is 0 Å². The normalized spacial score (nSPS) is 10.8. The van der Waals surface area contributed by atoms with E-state index in [4.69, 9.17) is 0 Å². The third-order valence-electron chi connectivity index (χ3n) is 2.06. The molecule has 0 atom stereocenters. The highest BCUT2D eigenvalue weighted by Crippen LogP contribution is 2.26. The van der Waals surface area contributed by atoms with Gasteiger partial charge in [0.05, 0.1) is 15.7 Å². The van der Waals surface area contributed by atoms with Crippen LogP contribution < -0.4 is 5.32 Å². The van der Waals surface area contributed by atoms with Gasteiger partial charge in [0, 0.05) is 11.1 Å². The molecule has 0 radical (unpaired) electrons. The molecule has 6 heteroatoms. The minimum Gasteiger partial charge on any atom is -0.331 e. The van der Waals surface area contributed by atoms with Crippen molar-refractivity contribution in [2.45, 2.75) is 0 Å². The lowest BCUT2D eigenvalue weighted by Gasteiger charge is -2.01. The molecule has 0 aliphatic carbocycles. The Hall–Kier alpha value is -0.980. The predicted octanol–water partition coefficient (Wildman–Crippen LogP) is 4.26. The Kier molecular flexibility index (Phi) is 2.62. The maximum absolute atomic E-state index is 4.29. The number of nitrogens with one attached hydrogen (secondary N) is 1. The molecule has 3 nitrogen and oxygen atoms in total. The van der Waals surface area contributed by atoms with Crippen molar-refractivity contribution in [2.24, 2.45) is 0 Å². The molecule has 1 N–H and O–H groups in total. The highest BCUT2D eigenvalue weighted by Gasteiger charge is 2.02. The Balaban J connectivity index is 1.94. The first-order chi connectivity index (χ1) is 7.81. The van der Waals surface area contributed by atoms with E-state index in [1.165, 1.54) is 4.70 Å². The van der Waals surface area contributed by atoms with Crippen molar-refractivity contribution in [3.05, 3.63) is 33.7 Å². The average Bonchev–Trinajstić information content (AvgIpc) is 2.87. The summed E-state index contributed by atoms with van der Waals surface area (Å²) in [6, 6.07) is 6.11. The molecule has 2 aromatic heterocycles. The molecule has 2 heterocycles. The molecule has 0 bridgehead atoms. The molecule has 0 saturated carbocycles. The molecule has 0 aliphatic heterocycles. The fourth-order valence-electron chi connectivity index (χ4n) is 1.37. The molecule has 0 spiro atoms. The van der Waals surface area contributed by atoms with Crippen LogP contribution in [-0.4, -0.2) is 9.97 Å². The molecule has 16 heavy (non-hydrogen) atoms. The molecule has 0 unspecified atom stereocenters. The summed E-state index contributed by atoms with van der Waals surface area (Å²) in [5.41, 5.74) is 3.93. The number of hydrogen-bond acceptors (Lipinski definition) is 5. The maximum atomic E-state index is 4.29. The number of aromatic nitrogens is 2. The largest absolute Gasteiger partial charge is 0.331 e. The molecular formula is C10H6BrN3S2. The van der Waals surface area contributed by atoms with E-state index in [0.717, 1.165) is 20.9 Å². The molecule has 0 amide bonds. The van der Waals surface area contributed by atoms with Gasteiger partial charge < -0.3 is 5.32 Å². The summed E-state index contributed by atoms with van der Waals surface area (Å²) in [4.78, 5) is 8.53. The van der Waals surface area contributed by atoms with E-state index in [1.807, 2.05) is 23.0 Å². The first-order valence-electron chi connectivity index (χ1n) is 4.52. The highest BCUT2D eigenvalue weighted by molar-refractivity contribution is 9.10. The molecule has 0 aliphatic rings. The van der Waals surface area contributed by atoms with Gasteiger partial charge in [0.25, 0.3) is 0 Å². The van der Waals surface area contributed by atoms with Crippen LogP contribution in [0.2, 0.25) is 0 Å². The van der Waals surface area contributed by atoms with Crippen LogP contribution in [0.5, 0.6) is 0 Å². The fraction of sp³-hybridized carbons (Fsp3) is 0. The van der Waals surface area contributed by atoms with Crippen molar-refractivity contribution in [1.82, 2.24) is 9.97 Å². The van der Waals surface area contributed by atoms with Crippen LogP contribution in [-0.2, 0) is 0 Å². The summed E-state index contributed by atoms with van der Waals surface area (Å²) in [5, 5.41) is 6.10. The zero-order valence-electron chi connectivity index (χ0n) is 7.98. The summed E-state index contributed by atoms with van der Waals surface area (Å²) in [6.45, 7) is 0.